The number of thioether (sulfide) groups is 1. The number of carboxylic acid groups (broad SMARTS) is 1. The number of carboxylic acids is 1. The Morgan fingerprint density at radius 3 is 2.38 bits per heavy atom. The van der Waals surface area contributed by atoms with E-state index in [4.69, 9.17) is 17.3 Å². The molecular weight excluding hydrogens is 408 g/mol. The van der Waals surface area contributed by atoms with Crippen LogP contribution < -0.4 is 4.90 Å². The smallest absolute Gasteiger partial charge is 0.305 e. The Morgan fingerprint density at radius 1 is 0.966 bits per heavy atom. The molecule has 0 aromatic heterocycles. The number of hydrogen-bond acceptors (Lipinski definition) is 5. The Kier molecular flexibility index (Phi) is 5.21. The van der Waals surface area contributed by atoms with Gasteiger partial charge >= 0.3 is 5.97 Å². The van der Waals surface area contributed by atoms with Crippen molar-refractivity contribution < 1.29 is 19.5 Å². The largest absolute Gasteiger partial charge is 0.481 e. The summed E-state index contributed by atoms with van der Waals surface area (Å²) in [5.74, 6) is -1.68. The number of benzene rings is 2. The first-order valence-corrected chi connectivity index (χ1v) is 10.1. The summed E-state index contributed by atoms with van der Waals surface area (Å²) in [4.78, 5) is 40.3. The lowest BCUT2D eigenvalue weighted by molar-refractivity contribution is -0.137. The van der Waals surface area contributed by atoms with E-state index in [1.165, 1.54) is 4.90 Å². The van der Waals surface area contributed by atoms with Gasteiger partial charge in [-0.15, -0.1) is 0 Å². The summed E-state index contributed by atoms with van der Waals surface area (Å²) in [6, 6.07) is 17.0. The highest BCUT2D eigenvalue weighted by atomic mass is 32.2. The first-order valence-electron chi connectivity index (χ1n) is 8.92. The Morgan fingerprint density at radius 2 is 1.66 bits per heavy atom. The molecule has 0 aliphatic carbocycles. The predicted octanol–water partition coefficient (Wildman–Crippen LogP) is 3.28. The van der Waals surface area contributed by atoms with Gasteiger partial charge in [0.2, 0.25) is 0 Å². The molecule has 1 saturated heterocycles. The number of anilines is 1. The van der Waals surface area contributed by atoms with Gasteiger partial charge in [-0.2, -0.15) is 0 Å². The molecule has 0 saturated carbocycles. The van der Waals surface area contributed by atoms with Crippen LogP contribution in [0.5, 0.6) is 0 Å². The lowest BCUT2D eigenvalue weighted by atomic mass is 10.1. The van der Waals surface area contributed by atoms with Crippen LogP contribution in [0.4, 0.5) is 5.69 Å². The fraction of sp³-hybridized carbons (Fsp3) is 0.143. The van der Waals surface area contributed by atoms with Crippen molar-refractivity contribution in [2.45, 2.75) is 13.0 Å². The molecule has 146 valence electrons. The number of hydrogen-bond donors (Lipinski definition) is 1. The summed E-state index contributed by atoms with van der Waals surface area (Å²) < 4.78 is 0.269. The monoisotopic (exact) mass is 424 g/mol. The van der Waals surface area contributed by atoms with Crippen LogP contribution in [0.25, 0.3) is 5.57 Å². The van der Waals surface area contributed by atoms with Crippen molar-refractivity contribution in [1.29, 1.82) is 0 Å². The van der Waals surface area contributed by atoms with Crippen molar-refractivity contribution in [3.05, 3.63) is 70.6 Å². The maximum atomic E-state index is 13.3. The third kappa shape index (κ3) is 3.56. The van der Waals surface area contributed by atoms with E-state index in [9.17, 15) is 14.4 Å². The zero-order valence-electron chi connectivity index (χ0n) is 15.2. The predicted molar refractivity (Wildman–Crippen MR) is 115 cm³/mol. The van der Waals surface area contributed by atoms with Crippen molar-refractivity contribution in [2.24, 2.45) is 0 Å². The normalized spacial score (nSPS) is 18.6. The Labute approximate surface area is 176 Å². The minimum absolute atomic E-state index is 0.0135. The molecule has 2 aliphatic heterocycles. The molecule has 2 aromatic carbocycles. The number of nitrogens with zero attached hydrogens (tertiary/aromatic N) is 2. The van der Waals surface area contributed by atoms with E-state index >= 15 is 0 Å². The molecule has 29 heavy (non-hydrogen) atoms. The fourth-order valence-corrected chi connectivity index (χ4v) is 4.75. The van der Waals surface area contributed by atoms with Gasteiger partial charge in [0.25, 0.3) is 11.8 Å². The zero-order chi connectivity index (χ0) is 20.5. The fourth-order valence-electron chi connectivity index (χ4n) is 3.37. The lowest BCUT2D eigenvalue weighted by Crippen LogP contribution is -2.31. The van der Waals surface area contributed by atoms with E-state index in [0.717, 1.165) is 23.0 Å². The van der Waals surface area contributed by atoms with Crippen molar-refractivity contribution >= 4 is 57.3 Å². The van der Waals surface area contributed by atoms with Crippen LogP contribution in [-0.4, -0.2) is 38.7 Å². The van der Waals surface area contributed by atoms with Gasteiger partial charge < -0.3 is 10.0 Å². The van der Waals surface area contributed by atoms with Crippen LogP contribution in [-0.2, 0) is 20.9 Å². The van der Waals surface area contributed by atoms with Crippen LogP contribution in [0.2, 0.25) is 0 Å². The van der Waals surface area contributed by atoms with Crippen molar-refractivity contribution in [1.82, 2.24) is 4.90 Å². The van der Waals surface area contributed by atoms with E-state index in [1.54, 1.807) is 4.90 Å². The number of carbonyl (C=O) groups is 3. The molecule has 1 fully saturated rings. The number of amides is 2. The molecule has 0 spiro atoms. The SMILES string of the molecule is O=C(O)CCN1C(=O)/C(=C2/C(=O)N(Cc3ccccc3)c3ccccc32)SC1=S. The molecule has 6 nitrogen and oxygen atoms in total. The summed E-state index contributed by atoms with van der Waals surface area (Å²) >= 11 is 6.32. The molecule has 2 amide bonds. The molecule has 0 bridgehead atoms. The highest BCUT2D eigenvalue weighted by Crippen LogP contribution is 2.44. The number of aliphatic carboxylic acids is 1. The highest BCUT2D eigenvalue weighted by molar-refractivity contribution is 8.26. The molecule has 0 unspecified atom stereocenters. The lowest BCUT2D eigenvalue weighted by Gasteiger charge is -2.17. The summed E-state index contributed by atoms with van der Waals surface area (Å²) in [6.45, 7) is 0.375. The van der Waals surface area contributed by atoms with E-state index < -0.39 is 11.9 Å². The first kappa shape index (κ1) is 19.4. The van der Waals surface area contributed by atoms with Gasteiger partial charge in [0.05, 0.1) is 29.1 Å². The second-order valence-electron chi connectivity index (χ2n) is 6.57. The van der Waals surface area contributed by atoms with Crippen molar-refractivity contribution in [3.8, 4) is 0 Å². The number of thiocarbonyl (C=S) groups is 1. The third-order valence-electron chi connectivity index (χ3n) is 4.73. The molecule has 0 radical (unpaired) electrons. The summed E-state index contributed by atoms with van der Waals surface area (Å²) in [7, 11) is 0. The topological polar surface area (TPSA) is 77.9 Å². The van der Waals surface area contributed by atoms with Gasteiger partial charge in [-0.1, -0.05) is 72.5 Å². The average molecular weight is 425 g/mol. The molecule has 8 heteroatoms. The number of fused-ring (bicyclic) bond motifs is 1. The minimum atomic E-state index is -1.01. The van der Waals surface area contributed by atoms with Gasteiger partial charge in [0.1, 0.15) is 4.32 Å². The van der Waals surface area contributed by atoms with Crippen molar-refractivity contribution in [3.63, 3.8) is 0 Å². The van der Waals surface area contributed by atoms with Gasteiger partial charge in [-0.05, 0) is 11.6 Å². The Bertz CT molecular complexity index is 1070. The van der Waals surface area contributed by atoms with E-state index in [0.29, 0.717) is 17.7 Å². The Hall–Kier alpha value is -2.97. The average Bonchev–Trinajstić information content (AvgIpc) is 3.14. The van der Waals surface area contributed by atoms with E-state index in [2.05, 4.69) is 0 Å². The van der Waals surface area contributed by atoms with Crippen LogP contribution in [0.3, 0.4) is 0 Å². The van der Waals surface area contributed by atoms with E-state index in [1.807, 2.05) is 54.6 Å². The quantitative estimate of drug-likeness (QED) is 0.586. The van der Waals surface area contributed by atoms with Crippen LogP contribution in [0, 0.1) is 0 Å². The third-order valence-corrected chi connectivity index (χ3v) is 6.18. The first-order chi connectivity index (χ1) is 14.0. The second kappa shape index (κ2) is 7.81. The summed E-state index contributed by atoms with van der Waals surface area (Å²) in [6.07, 6.45) is -0.209. The maximum Gasteiger partial charge on any atom is 0.305 e. The Balaban J connectivity index is 1.73. The molecular formula is C21H16N2O4S2. The van der Waals surface area contributed by atoms with Gasteiger partial charge in [0.15, 0.2) is 0 Å². The maximum absolute atomic E-state index is 13.3. The number of carbonyl (C=O) groups excluding carboxylic acids is 2. The van der Waals surface area contributed by atoms with E-state index in [-0.39, 0.29) is 28.1 Å². The molecule has 2 aromatic rings. The molecule has 2 heterocycles. The minimum Gasteiger partial charge on any atom is -0.481 e. The van der Waals surface area contributed by atoms with Crippen LogP contribution >= 0.6 is 24.0 Å². The van der Waals surface area contributed by atoms with Gasteiger partial charge in [-0.3, -0.25) is 19.3 Å². The molecule has 0 atom stereocenters. The second-order valence-corrected chi connectivity index (χ2v) is 8.21. The standard InChI is InChI=1S/C21H16N2O4S2/c24-16(25)10-11-22-20(27)18(29-21(22)28)17-14-8-4-5-9-15(14)23(19(17)26)12-13-6-2-1-3-7-13/h1-9H,10-12H2,(H,24,25)/b18-17-. The highest BCUT2D eigenvalue weighted by Gasteiger charge is 2.41. The van der Waals surface area contributed by atoms with Gasteiger partial charge in [0, 0.05) is 12.1 Å². The summed E-state index contributed by atoms with van der Waals surface area (Å²) in [5.41, 5.74) is 2.73. The zero-order valence-corrected chi connectivity index (χ0v) is 16.8. The molecule has 2 aliphatic rings. The number of para-hydroxylation sites is 1. The van der Waals surface area contributed by atoms with Crippen LogP contribution in [0.1, 0.15) is 17.5 Å². The van der Waals surface area contributed by atoms with Crippen molar-refractivity contribution in [2.75, 3.05) is 11.4 Å². The van der Waals surface area contributed by atoms with Gasteiger partial charge in [-0.25, -0.2) is 0 Å². The summed E-state index contributed by atoms with van der Waals surface area (Å²) in [5, 5.41) is 8.91. The van der Waals surface area contributed by atoms with Crippen LogP contribution in [0.15, 0.2) is 59.5 Å². The molecule has 4 rings (SSSR count). The number of rotatable bonds is 5. The molecule has 1 N–H and O–H groups in total.